The Morgan fingerprint density at radius 3 is 2.65 bits per heavy atom. The van der Waals surface area contributed by atoms with Gasteiger partial charge in [0.15, 0.2) is 5.58 Å². The lowest BCUT2D eigenvalue weighted by atomic mass is 10.2. The van der Waals surface area contributed by atoms with Crippen molar-refractivity contribution in [3.8, 4) is 0 Å². The molecule has 31 heavy (non-hydrogen) atoms. The van der Waals surface area contributed by atoms with Crippen LogP contribution in [0.2, 0.25) is 0 Å². The number of oxazole rings is 1. The third-order valence-electron chi connectivity index (χ3n) is 5.04. The topological polar surface area (TPSA) is 83.7 Å². The normalized spacial score (nSPS) is 14.3. The number of amides is 1. The number of aromatic nitrogens is 1. The summed E-state index contributed by atoms with van der Waals surface area (Å²) in [6, 6.07) is 11.1. The number of halogens is 1. The Labute approximate surface area is 184 Å². The van der Waals surface area contributed by atoms with Crippen LogP contribution in [0.25, 0.3) is 11.1 Å². The molecule has 0 bridgehead atoms. The second kappa shape index (κ2) is 8.60. The molecule has 0 spiro atoms. The number of benzene rings is 2. The fraction of sp³-hybridized carbons (Fsp3) is 0.333. The second-order valence-corrected chi connectivity index (χ2v) is 10.6. The lowest BCUT2D eigenvalue weighted by Gasteiger charge is -2.22. The monoisotopic (exact) mass is 463 g/mol. The van der Waals surface area contributed by atoms with Gasteiger partial charge in [-0.3, -0.25) is 4.79 Å². The van der Waals surface area contributed by atoms with E-state index in [4.69, 9.17) is 4.42 Å². The van der Waals surface area contributed by atoms with Crippen LogP contribution < -0.4 is 0 Å². The van der Waals surface area contributed by atoms with Gasteiger partial charge in [-0.2, -0.15) is 0 Å². The van der Waals surface area contributed by atoms with Gasteiger partial charge in [0.2, 0.25) is 15.9 Å². The van der Waals surface area contributed by atoms with E-state index < -0.39 is 10.0 Å². The van der Waals surface area contributed by atoms with Crippen molar-refractivity contribution in [3.05, 3.63) is 53.8 Å². The van der Waals surface area contributed by atoms with Crippen LogP contribution in [0.4, 0.5) is 4.39 Å². The van der Waals surface area contributed by atoms with Crippen molar-refractivity contribution >= 4 is 38.8 Å². The molecular weight excluding hydrogens is 441 g/mol. The zero-order chi connectivity index (χ0) is 22.2. The summed E-state index contributed by atoms with van der Waals surface area (Å²) in [4.78, 5) is 19.0. The Kier molecular flexibility index (Phi) is 6.05. The molecule has 0 unspecified atom stereocenters. The first-order valence-electron chi connectivity index (χ1n) is 9.74. The molecule has 0 radical (unpaired) electrons. The van der Waals surface area contributed by atoms with Crippen LogP contribution in [0, 0.1) is 5.82 Å². The number of thioether (sulfide) groups is 1. The average Bonchev–Trinajstić information content (AvgIpc) is 3.49. The molecule has 0 N–H and O–H groups in total. The van der Waals surface area contributed by atoms with E-state index in [0.717, 1.165) is 28.9 Å². The predicted octanol–water partition coefficient (Wildman–Crippen LogP) is 3.50. The van der Waals surface area contributed by atoms with Gasteiger partial charge in [-0.15, -0.1) is 0 Å². The maximum atomic E-state index is 14.0. The molecule has 7 nitrogen and oxygen atoms in total. The summed E-state index contributed by atoms with van der Waals surface area (Å²) in [5.74, 6) is -0.342. The fourth-order valence-electron chi connectivity index (χ4n) is 3.14. The van der Waals surface area contributed by atoms with Gasteiger partial charge in [0, 0.05) is 32.2 Å². The minimum atomic E-state index is -3.58. The summed E-state index contributed by atoms with van der Waals surface area (Å²) in [6.07, 6.45) is 1.83. The zero-order valence-corrected chi connectivity index (χ0v) is 18.7. The van der Waals surface area contributed by atoms with Crippen molar-refractivity contribution in [2.45, 2.75) is 35.5 Å². The van der Waals surface area contributed by atoms with E-state index in [0.29, 0.717) is 16.7 Å². The van der Waals surface area contributed by atoms with Gasteiger partial charge >= 0.3 is 0 Å². The molecular formula is C21H22FN3O4S2. The highest BCUT2D eigenvalue weighted by Crippen LogP contribution is 2.31. The molecule has 0 saturated heterocycles. The zero-order valence-electron chi connectivity index (χ0n) is 17.1. The van der Waals surface area contributed by atoms with Crippen LogP contribution in [-0.4, -0.2) is 54.4 Å². The quantitative estimate of drug-likeness (QED) is 0.476. The Balaban J connectivity index is 1.46. The smallest absolute Gasteiger partial charge is 0.257 e. The van der Waals surface area contributed by atoms with Crippen molar-refractivity contribution < 1.29 is 22.0 Å². The molecule has 164 valence electrons. The molecule has 0 aliphatic heterocycles. The molecule has 10 heteroatoms. The summed E-state index contributed by atoms with van der Waals surface area (Å²) in [7, 11) is -0.658. The van der Waals surface area contributed by atoms with E-state index in [1.54, 1.807) is 29.2 Å². The maximum Gasteiger partial charge on any atom is 0.257 e. The lowest BCUT2D eigenvalue weighted by Crippen LogP contribution is -2.34. The first-order valence-corrected chi connectivity index (χ1v) is 12.2. The first kappa shape index (κ1) is 21.8. The third-order valence-corrected chi connectivity index (χ3v) is 7.67. The summed E-state index contributed by atoms with van der Waals surface area (Å²) >= 11 is 1.14. The van der Waals surface area contributed by atoms with Crippen LogP contribution in [0.15, 0.2) is 57.0 Å². The third kappa shape index (κ3) is 4.76. The minimum absolute atomic E-state index is 0.0978. The van der Waals surface area contributed by atoms with Crippen LogP contribution in [0.1, 0.15) is 18.4 Å². The number of hydrogen-bond acceptors (Lipinski definition) is 6. The lowest BCUT2D eigenvalue weighted by molar-refractivity contribution is -0.129. The Hall–Kier alpha value is -2.43. The number of rotatable bonds is 8. The number of hydrogen-bond donors (Lipinski definition) is 0. The Bertz CT molecular complexity index is 1220. The van der Waals surface area contributed by atoms with E-state index >= 15 is 0 Å². The summed E-state index contributed by atoms with van der Waals surface area (Å²) in [5, 5.41) is 0.282. The van der Waals surface area contributed by atoms with Gasteiger partial charge in [0.05, 0.1) is 10.6 Å². The molecule has 1 fully saturated rings. The van der Waals surface area contributed by atoms with Crippen molar-refractivity contribution in [1.29, 1.82) is 0 Å². The van der Waals surface area contributed by atoms with Crippen LogP contribution in [0.3, 0.4) is 0 Å². The van der Waals surface area contributed by atoms with Crippen molar-refractivity contribution in [1.82, 2.24) is 14.2 Å². The van der Waals surface area contributed by atoms with E-state index in [2.05, 4.69) is 4.98 Å². The number of carbonyl (C=O) groups is 1. The molecule has 1 aromatic heterocycles. The Morgan fingerprint density at radius 1 is 1.23 bits per heavy atom. The minimum Gasteiger partial charge on any atom is -0.431 e. The van der Waals surface area contributed by atoms with Gasteiger partial charge < -0.3 is 9.32 Å². The number of nitrogens with zero attached hydrogens (tertiary/aromatic N) is 3. The van der Waals surface area contributed by atoms with Crippen molar-refractivity contribution in [2.24, 2.45) is 0 Å². The van der Waals surface area contributed by atoms with Gasteiger partial charge in [0.25, 0.3) is 5.22 Å². The summed E-state index contributed by atoms with van der Waals surface area (Å²) < 4.78 is 45.4. The van der Waals surface area contributed by atoms with Crippen molar-refractivity contribution in [2.75, 3.05) is 19.8 Å². The van der Waals surface area contributed by atoms with Gasteiger partial charge in [-0.25, -0.2) is 22.1 Å². The highest BCUT2D eigenvalue weighted by atomic mass is 32.2. The summed E-state index contributed by atoms with van der Waals surface area (Å²) in [6.45, 7) is 0.232. The fourth-order valence-corrected chi connectivity index (χ4v) is 4.79. The predicted molar refractivity (Wildman–Crippen MR) is 116 cm³/mol. The van der Waals surface area contributed by atoms with Crippen LogP contribution in [0.5, 0.6) is 0 Å². The van der Waals surface area contributed by atoms with Crippen LogP contribution >= 0.6 is 11.8 Å². The second-order valence-electron chi connectivity index (χ2n) is 7.53. The molecule has 1 aliphatic rings. The Morgan fingerprint density at radius 2 is 1.97 bits per heavy atom. The summed E-state index contributed by atoms with van der Waals surface area (Å²) in [5.41, 5.74) is 1.34. The van der Waals surface area contributed by atoms with Crippen molar-refractivity contribution in [3.63, 3.8) is 0 Å². The van der Waals surface area contributed by atoms with Crippen LogP contribution in [-0.2, 0) is 21.4 Å². The van der Waals surface area contributed by atoms with Gasteiger partial charge in [-0.05, 0) is 37.1 Å². The number of fused-ring (bicyclic) bond motifs is 1. The molecule has 0 atom stereocenters. The van der Waals surface area contributed by atoms with E-state index in [9.17, 15) is 17.6 Å². The first-order chi connectivity index (χ1) is 14.8. The largest absolute Gasteiger partial charge is 0.431 e. The maximum absolute atomic E-state index is 14.0. The van der Waals surface area contributed by atoms with Gasteiger partial charge in [0.1, 0.15) is 11.3 Å². The highest BCUT2D eigenvalue weighted by Gasteiger charge is 2.33. The number of carbonyl (C=O) groups excluding carboxylic acids is 1. The standard InChI is InChI=1S/C21H22FN3O4S2/c1-24(2)31(27,28)16-9-10-19-18(11-16)23-21(29-19)30-13-20(26)25(15-7-8-15)12-14-5-3-4-6-17(14)22/h3-6,9-11,15H,7-8,12-13H2,1-2H3. The molecule has 1 amide bonds. The molecule has 1 heterocycles. The number of sulfonamides is 1. The van der Waals surface area contributed by atoms with E-state index in [1.165, 1.54) is 32.3 Å². The van der Waals surface area contributed by atoms with E-state index in [1.807, 2.05) is 0 Å². The molecule has 2 aromatic carbocycles. The average molecular weight is 464 g/mol. The molecule has 4 rings (SSSR count). The highest BCUT2D eigenvalue weighted by molar-refractivity contribution is 7.99. The molecule has 1 saturated carbocycles. The molecule has 3 aromatic rings. The molecule has 1 aliphatic carbocycles. The van der Waals surface area contributed by atoms with E-state index in [-0.39, 0.29) is 40.2 Å². The SMILES string of the molecule is CN(C)S(=O)(=O)c1ccc2oc(SCC(=O)N(Cc3ccccc3F)C3CC3)nc2c1. The van der Waals surface area contributed by atoms with Gasteiger partial charge in [-0.1, -0.05) is 30.0 Å².